The van der Waals surface area contributed by atoms with Gasteiger partial charge in [0.25, 0.3) is 6.47 Å². The molecule has 0 aromatic rings. The van der Waals surface area contributed by atoms with Gasteiger partial charge in [-0.2, -0.15) is 0 Å². The molecule has 0 aliphatic heterocycles. The van der Waals surface area contributed by atoms with Crippen LogP contribution in [-0.2, 0) is 14.4 Å². The van der Waals surface area contributed by atoms with Crippen LogP contribution in [0, 0.1) is 0 Å². The van der Waals surface area contributed by atoms with E-state index in [-0.39, 0.29) is 6.47 Å². The lowest BCUT2D eigenvalue weighted by Crippen LogP contribution is -2.03. The third-order valence-electron chi connectivity index (χ3n) is 0.302. The van der Waals surface area contributed by atoms with Gasteiger partial charge in [-0.05, 0) is 0 Å². The molecule has 58 valence electrons. The Morgan fingerprint density at radius 1 is 1.20 bits per heavy atom. The highest BCUT2D eigenvalue weighted by Crippen LogP contribution is 1.74. The second-order valence-corrected chi connectivity index (χ2v) is 1.07. The van der Waals surface area contributed by atoms with Crippen LogP contribution in [0.3, 0.4) is 0 Å². The van der Waals surface area contributed by atoms with Crippen LogP contribution >= 0.6 is 0 Å². The number of carboxylic acid groups (broad SMARTS) is 3. The van der Waals surface area contributed by atoms with Crippen molar-refractivity contribution in [3.8, 4) is 0 Å². The van der Waals surface area contributed by atoms with Crippen molar-refractivity contribution in [1.82, 2.24) is 0 Å². The van der Waals surface area contributed by atoms with Gasteiger partial charge in [-0.25, -0.2) is 0 Å². The van der Waals surface area contributed by atoms with E-state index in [1.807, 2.05) is 0 Å². The van der Waals surface area contributed by atoms with Crippen LogP contribution in [0.15, 0.2) is 0 Å². The van der Waals surface area contributed by atoms with E-state index in [9.17, 15) is 9.59 Å². The fraction of sp³-hybridized carbons (Fsp3) is 0.250. The topological polar surface area (TPSA) is 112 Å². The van der Waals surface area contributed by atoms with Crippen LogP contribution in [0.5, 0.6) is 0 Å². The molecule has 0 aromatic carbocycles. The Balaban J connectivity index is 0. The minimum absolute atomic E-state index is 0.250. The zero-order chi connectivity index (χ0) is 8.57. The maximum atomic E-state index is 9.43. The summed E-state index contributed by atoms with van der Waals surface area (Å²) in [6.45, 7) is -0.250. The number of aliphatic carboxylic acids is 2. The van der Waals surface area contributed by atoms with Gasteiger partial charge in [-0.15, -0.1) is 0 Å². The number of rotatable bonds is 2. The number of carbonyl (C=O) groups is 3. The molecule has 0 radical (unpaired) electrons. The number of hydrogen-bond acceptors (Lipinski definition) is 3. The van der Waals surface area contributed by atoms with Gasteiger partial charge >= 0.3 is 11.9 Å². The summed E-state index contributed by atoms with van der Waals surface area (Å²) in [5.74, 6) is -2.62. The molecular weight excluding hydrogens is 144 g/mol. The summed E-state index contributed by atoms with van der Waals surface area (Å²) in [6, 6.07) is 0. The summed E-state index contributed by atoms with van der Waals surface area (Å²) >= 11 is 0. The first-order valence-electron chi connectivity index (χ1n) is 2.06. The molecular formula is C4H6O6. The monoisotopic (exact) mass is 150 g/mol. The van der Waals surface area contributed by atoms with E-state index in [0.29, 0.717) is 0 Å². The van der Waals surface area contributed by atoms with E-state index < -0.39 is 18.4 Å². The second-order valence-electron chi connectivity index (χ2n) is 1.07. The molecule has 0 bridgehead atoms. The summed E-state index contributed by atoms with van der Waals surface area (Å²) in [6.07, 6.45) is -0.806. The predicted octanol–water partition coefficient (Wildman–Crippen LogP) is -0.754. The second kappa shape index (κ2) is 7.41. The van der Waals surface area contributed by atoms with Crippen LogP contribution in [0.1, 0.15) is 6.42 Å². The van der Waals surface area contributed by atoms with E-state index in [1.54, 1.807) is 0 Å². The third kappa shape index (κ3) is 32.3. The zero-order valence-electron chi connectivity index (χ0n) is 4.85. The van der Waals surface area contributed by atoms with E-state index in [0.717, 1.165) is 0 Å². The van der Waals surface area contributed by atoms with Gasteiger partial charge in [0.1, 0.15) is 6.42 Å². The summed E-state index contributed by atoms with van der Waals surface area (Å²) in [4.78, 5) is 27.2. The van der Waals surface area contributed by atoms with Gasteiger partial charge in [0.15, 0.2) is 0 Å². The molecule has 0 heterocycles. The number of hydrogen-bond donors (Lipinski definition) is 3. The molecule has 6 nitrogen and oxygen atoms in total. The average molecular weight is 150 g/mol. The molecule has 0 unspecified atom stereocenters. The first-order chi connectivity index (χ1) is 4.54. The molecule has 0 fully saturated rings. The van der Waals surface area contributed by atoms with Crippen molar-refractivity contribution in [3.05, 3.63) is 0 Å². The molecule has 6 heteroatoms. The van der Waals surface area contributed by atoms with Crippen LogP contribution < -0.4 is 0 Å². The number of carboxylic acids is 2. The van der Waals surface area contributed by atoms with Crippen molar-refractivity contribution in [1.29, 1.82) is 0 Å². The van der Waals surface area contributed by atoms with Crippen molar-refractivity contribution >= 4 is 18.4 Å². The molecule has 0 amide bonds. The highest BCUT2D eigenvalue weighted by Gasteiger charge is 2.01. The maximum Gasteiger partial charge on any atom is 0.314 e. The normalized spacial score (nSPS) is 6.80. The lowest BCUT2D eigenvalue weighted by atomic mass is 10.5. The Labute approximate surface area is 55.7 Å². The van der Waals surface area contributed by atoms with E-state index in [2.05, 4.69) is 0 Å². The molecule has 0 atom stereocenters. The highest BCUT2D eigenvalue weighted by atomic mass is 16.4. The fourth-order valence-corrected chi connectivity index (χ4v) is 0.129. The zero-order valence-corrected chi connectivity index (χ0v) is 4.85. The molecule has 0 aromatic heterocycles. The van der Waals surface area contributed by atoms with Gasteiger partial charge in [-0.1, -0.05) is 0 Å². The Kier molecular flexibility index (Phi) is 8.33. The molecule has 0 rings (SSSR count). The molecule has 0 saturated carbocycles. The molecule has 10 heavy (non-hydrogen) atoms. The maximum absolute atomic E-state index is 9.43. The minimum Gasteiger partial charge on any atom is -0.483 e. The van der Waals surface area contributed by atoms with Gasteiger partial charge in [0, 0.05) is 0 Å². The molecule has 0 saturated heterocycles. The lowest BCUT2D eigenvalue weighted by Gasteiger charge is -1.80. The van der Waals surface area contributed by atoms with Gasteiger partial charge in [0.2, 0.25) is 0 Å². The lowest BCUT2D eigenvalue weighted by molar-refractivity contribution is -0.147. The SMILES string of the molecule is O=C(O)CC(=O)O.O=CO. The van der Waals surface area contributed by atoms with Crippen LogP contribution in [0.4, 0.5) is 0 Å². The summed E-state index contributed by atoms with van der Waals surface area (Å²) in [7, 11) is 0. The first kappa shape index (κ1) is 11.2. The predicted molar refractivity (Wildman–Crippen MR) is 28.6 cm³/mol. The molecule has 0 aliphatic rings. The largest absolute Gasteiger partial charge is 0.483 e. The molecule has 0 spiro atoms. The van der Waals surface area contributed by atoms with Gasteiger partial charge in [-0.3, -0.25) is 14.4 Å². The van der Waals surface area contributed by atoms with Crippen molar-refractivity contribution < 1.29 is 29.7 Å². The van der Waals surface area contributed by atoms with E-state index >= 15 is 0 Å². The fourth-order valence-electron chi connectivity index (χ4n) is 0.129. The Morgan fingerprint density at radius 3 is 1.40 bits per heavy atom. The van der Waals surface area contributed by atoms with Crippen LogP contribution in [0.25, 0.3) is 0 Å². The molecule has 0 aliphatic carbocycles. The van der Waals surface area contributed by atoms with E-state index in [4.69, 9.17) is 20.1 Å². The molecule has 3 N–H and O–H groups in total. The van der Waals surface area contributed by atoms with Crippen LogP contribution in [0.2, 0.25) is 0 Å². The quantitative estimate of drug-likeness (QED) is 0.352. The van der Waals surface area contributed by atoms with Gasteiger partial charge in [0.05, 0.1) is 0 Å². The summed E-state index contributed by atoms with van der Waals surface area (Å²) in [5.41, 5.74) is 0. The standard InChI is InChI=1S/C3H4O4.CH2O2/c4-2(5)1-3(6)7;2-1-3/h1H2,(H,4,5)(H,6,7);1H,(H,2,3). The minimum atomic E-state index is -1.31. The van der Waals surface area contributed by atoms with Crippen LogP contribution in [-0.4, -0.2) is 33.7 Å². The third-order valence-corrected chi connectivity index (χ3v) is 0.302. The first-order valence-corrected chi connectivity index (χ1v) is 2.06. The smallest absolute Gasteiger partial charge is 0.314 e. The van der Waals surface area contributed by atoms with Crippen molar-refractivity contribution in [2.75, 3.05) is 0 Å². The van der Waals surface area contributed by atoms with Crippen molar-refractivity contribution in [3.63, 3.8) is 0 Å². The van der Waals surface area contributed by atoms with Crippen molar-refractivity contribution in [2.45, 2.75) is 6.42 Å². The summed E-state index contributed by atoms with van der Waals surface area (Å²) < 4.78 is 0. The summed E-state index contributed by atoms with van der Waals surface area (Å²) in [5, 5.41) is 22.3. The highest BCUT2D eigenvalue weighted by molar-refractivity contribution is 5.88. The van der Waals surface area contributed by atoms with E-state index in [1.165, 1.54) is 0 Å². The van der Waals surface area contributed by atoms with Gasteiger partial charge < -0.3 is 15.3 Å². The Hall–Kier alpha value is -1.59. The Morgan fingerprint density at radius 2 is 1.40 bits per heavy atom. The average Bonchev–Trinajstić information content (AvgIpc) is 1.62. The Bertz CT molecular complexity index is 116. The van der Waals surface area contributed by atoms with Crippen molar-refractivity contribution in [2.24, 2.45) is 0 Å².